The lowest BCUT2D eigenvalue weighted by atomic mass is 9.97. The van der Waals surface area contributed by atoms with Gasteiger partial charge in [-0.3, -0.25) is 0 Å². The molecule has 0 amide bonds. The minimum Gasteiger partial charge on any atom is -0.211 e. The summed E-state index contributed by atoms with van der Waals surface area (Å²) in [4.78, 5) is 80.7. The Balaban J connectivity index is 0. The minimum absolute atomic E-state index is 0.286. The first-order valence-corrected chi connectivity index (χ1v) is 11.9. The van der Waals surface area contributed by atoms with E-state index in [1.54, 1.807) is 0 Å². The summed E-state index contributed by atoms with van der Waals surface area (Å²) in [5.41, 5.74) is 0. The molecule has 0 aliphatic heterocycles. The Morgan fingerprint density at radius 2 is 0.639 bits per heavy atom. The zero-order chi connectivity index (χ0) is 27.0. The molecule has 2 unspecified atom stereocenters. The molecule has 0 aromatic rings. The van der Waals surface area contributed by atoms with Gasteiger partial charge in [-0.25, -0.2) is 58.7 Å². The number of unbranched alkanes of at least 4 members (excludes halogenated alkanes) is 2. The predicted molar refractivity (Wildman–Crippen MR) is 131 cm³/mol. The van der Waals surface area contributed by atoms with Crippen molar-refractivity contribution in [2.24, 2.45) is 41.8 Å². The molecule has 0 aromatic carbocycles. The average Bonchev–Trinajstić information content (AvgIpc) is 2.89. The van der Waals surface area contributed by atoms with Crippen LogP contribution >= 0.6 is 0 Å². The molecule has 0 rings (SSSR count). The van der Waals surface area contributed by atoms with Gasteiger partial charge in [0.1, 0.15) is 0 Å². The standard InChI is InChI=1S/2C12H17N3O3/c2*16-9-13-6-2-1-4-12(8-15-11-18)5-3-7-14-10-17/h2*12H,1-8H2. The highest BCUT2D eigenvalue weighted by atomic mass is 16.1. The van der Waals surface area contributed by atoms with Crippen molar-refractivity contribution in [2.45, 2.75) is 64.2 Å². The highest BCUT2D eigenvalue weighted by Crippen LogP contribution is 2.16. The first kappa shape index (κ1) is 34.4. The molecule has 0 aliphatic rings. The number of hydrogen-bond donors (Lipinski definition) is 0. The van der Waals surface area contributed by atoms with Crippen LogP contribution in [0.1, 0.15) is 64.2 Å². The Labute approximate surface area is 210 Å². The van der Waals surface area contributed by atoms with Gasteiger partial charge in [0.2, 0.25) is 36.5 Å². The van der Waals surface area contributed by atoms with E-state index in [1.807, 2.05) is 0 Å². The van der Waals surface area contributed by atoms with E-state index < -0.39 is 0 Å². The van der Waals surface area contributed by atoms with Gasteiger partial charge in [0, 0.05) is 0 Å². The fraction of sp³-hybridized carbons (Fsp3) is 0.750. The summed E-state index contributed by atoms with van der Waals surface area (Å²) < 4.78 is 0. The maximum atomic E-state index is 10.1. The van der Waals surface area contributed by atoms with Crippen molar-refractivity contribution in [3.05, 3.63) is 0 Å². The van der Waals surface area contributed by atoms with Gasteiger partial charge in [-0.15, -0.1) is 0 Å². The van der Waals surface area contributed by atoms with E-state index in [1.165, 1.54) is 36.5 Å². The summed E-state index contributed by atoms with van der Waals surface area (Å²) in [6.45, 7) is 2.79. The van der Waals surface area contributed by atoms with E-state index >= 15 is 0 Å². The first-order chi connectivity index (χ1) is 17.7. The third kappa shape index (κ3) is 28.3. The molecule has 36 heavy (non-hydrogen) atoms. The monoisotopic (exact) mass is 502 g/mol. The Morgan fingerprint density at radius 3 is 0.944 bits per heavy atom. The molecule has 12 heteroatoms. The fourth-order valence-electron chi connectivity index (χ4n) is 3.33. The van der Waals surface area contributed by atoms with Crippen molar-refractivity contribution in [3.8, 4) is 0 Å². The first-order valence-electron chi connectivity index (χ1n) is 11.9. The molecule has 0 spiro atoms. The second-order valence-electron chi connectivity index (χ2n) is 7.76. The molecule has 0 bridgehead atoms. The molecule has 0 saturated heterocycles. The van der Waals surface area contributed by atoms with E-state index in [0.29, 0.717) is 39.3 Å². The molecule has 0 saturated carbocycles. The molecule has 12 nitrogen and oxygen atoms in total. The number of carbonyl (C=O) groups excluding carboxylic acids is 6. The predicted octanol–water partition coefficient (Wildman–Crippen LogP) is 3.12. The fourth-order valence-corrected chi connectivity index (χ4v) is 3.33. The van der Waals surface area contributed by atoms with Crippen LogP contribution in [0.4, 0.5) is 0 Å². The van der Waals surface area contributed by atoms with Gasteiger partial charge in [0.05, 0.1) is 39.3 Å². The number of rotatable bonds is 22. The maximum Gasteiger partial charge on any atom is 0.234 e. The topological polar surface area (TPSA) is 177 Å². The molecular weight excluding hydrogens is 468 g/mol. The Morgan fingerprint density at radius 1 is 0.361 bits per heavy atom. The summed E-state index contributed by atoms with van der Waals surface area (Å²) in [5.74, 6) is 0.571. The van der Waals surface area contributed by atoms with Gasteiger partial charge in [-0.2, -0.15) is 0 Å². The zero-order valence-corrected chi connectivity index (χ0v) is 20.6. The van der Waals surface area contributed by atoms with Gasteiger partial charge in [-0.1, -0.05) is 12.8 Å². The SMILES string of the molecule is O=C=NCCCCC(CCCN=C=O)CN=C=O.O=C=NCCCCC(CCCN=C=O)CN=C=O. The van der Waals surface area contributed by atoms with Gasteiger partial charge in [0.15, 0.2) is 0 Å². The zero-order valence-electron chi connectivity index (χ0n) is 20.6. The van der Waals surface area contributed by atoms with E-state index in [0.717, 1.165) is 64.2 Å². The largest absolute Gasteiger partial charge is 0.234 e. The van der Waals surface area contributed by atoms with Crippen molar-refractivity contribution in [3.63, 3.8) is 0 Å². The number of aliphatic imine (C=N–C) groups is 6. The lowest BCUT2D eigenvalue weighted by Gasteiger charge is -2.12. The molecule has 0 radical (unpaired) electrons. The van der Waals surface area contributed by atoms with Crippen LogP contribution in [0.3, 0.4) is 0 Å². The van der Waals surface area contributed by atoms with Crippen LogP contribution in [-0.4, -0.2) is 75.7 Å². The van der Waals surface area contributed by atoms with Crippen LogP contribution in [0.5, 0.6) is 0 Å². The van der Waals surface area contributed by atoms with Gasteiger partial charge >= 0.3 is 0 Å². The average molecular weight is 503 g/mol. The molecule has 0 aliphatic carbocycles. The summed E-state index contributed by atoms with van der Waals surface area (Å²) in [5, 5.41) is 0. The Kier molecular flexibility index (Phi) is 29.9. The number of nitrogens with zero attached hydrogens (tertiary/aromatic N) is 6. The van der Waals surface area contributed by atoms with Crippen molar-refractivity contribution in [2.75, 3.05) is 39.3 Å². The molecule has 196 valence electrons. The Bertz CT molecular complexity index is 773. The summed E-state index contributed by atoms with van der Waals surface area (Å²) in [6.07, 6.45) is 17.6. The molecule has 0 heterocycles. The minimum atomic E-state index is 0.286. The number of isocyanates is 6. The molecule has 0 aromatic heterocycles. The van der Waals surface area contributed by atoms with Crippen molar-refractivity contribution >= 4 is 36.5 Å². The maximum absolute atomic E-state index is 10.1. The second kappa shape index (κ2) is 31.3. The second-order valence-corrected chi connectivity index (χ2v) is 7.76. The van der Waals surface area contributed by atoms with Crippen LogP contribution in [-0.2, 0) is 28.8 Å². The highest BCUT2D eigenvalue weighted by molar-refractivity contribution is 5.34. The van der Waals surface area contributed by atoms with E-state index in [-0.39, 0.29) is 11.8 Å². The van der Waals surface area contributed by atoms with E-state index in [4.69, 9.17) is 0 Å². The van der Waals surface area contributed by atoms with Crippen LogP contribution < -0.4 is 0 Å². The Hall–Kier alpha value is -3.72. The molecule has 0 N–H and O–H groups in total. The van der Waals surface area contributed by atoms with Crippen molar-refractivity contribution < 1.29 is 28.8 Å². The number of hydrogen-bond acceptors (Lipinski definition) is 12. The van der Waals surface area contributed by atoms with Crippen LogP contribution in [0.25, 0.3) is 0 Å². The smallest absolute Gasteiger partial charge is 0.211 e. The third-order valence-corrected chi connectivity index (χ3v) is 5.12. The molecular formula is C24H34N6O6. The van der Waals surface area contributed by atoms with Crippen molar-refractivity contribution in [1.29, 1.82) is 0 Å². The highest BCUT2D eigenvalue weighted by Gasteiger charge is 2.08. The summed E-state index contributed by atoms with van der Waals surface area (Å²) in [6, 6.07) is 0. The normalized spacial score (nSPS) is 10.7. The quantitative estimate of drug-likeness (QED) is 0.125. The summed E-state index contributed by atoms with van der Waals surface area (Å²) >= 11 is 0. The van der Waals surface area contributed by atoms with Crippen molar-refractivity contribution in [1.82, 2.24) is 0 Å². The lowest BCUT2D eigenvalue weighted by Crippen LogP contribution is -2.06. The third-order valence-electron chi connectivity index (χ3n) is 5.12. The van der Waals surface area contributed by atoms with Crippen LogP contribution in [0, 0.1) is 11.8 Å². The molecule has 0 fully saturated rings. The van der Waals surface area contributed by atoms with Gasteiger partial charge in [0.25, 0.3) is 0 Å². The van der Waals surface area contributed by atoms with E-state index in [2.05, 4.69) is 30.0 Å². The lowest BCUT2D eigenvalue weighted by molar-refractivity contribution is 0.430. The summed E-state index contributed by atoms with van der Waals surface area (Å²) in [7, 11) is 0. The van der Waals surface area contributed by atoms with Gasteiger partial charge < -0.3 is 0 Å². The van der Waals surface area contributed by atoms with Crippen LogP contribution in [0.2, 0.25) is 0 Å². The van der Waals surface area contributed by atoms with Crippen LogP contribution in [0.15, 0.2) is 30.0 Å². The van der Waals surface area contributed by atoms with E-state index in [9.17, 15) is 28.8 Å². The molecule has 2 atom stereocenters. The van der Waals surface area contributed by atoms with Gasteiger partial charge in [-0.05, 0) is 63.2 Å².